The molecule has 1 saturated heterocycles. The fourth-order valence-electron chi connectivity index (χ4n) is 3.39. The van der Waals surface area contributed by atoms with Gasteiger partial charge >= 0.3 is 5.97 Å². The number of hydrogen-bond donors (Lipinski definition) is 1. The van der Waals surface area contributed by atoms with Gasteiger partial charge in [-0.1, -0.05) is 18.2 Å². The third-order valence-corrected chi connectivity index (χ3v) is 4.78. The summed E-state index contributed by atoms with van der Waals surface area (Å²) in [5.74, 6) is 0.433. The third-order valence-electron chi connectivity index (χ3n) is 4.78. The lowest BCUT2D eigenvalue weighted by atomic mass is 9.94. The number of allylic oxidation sites excluding steroid dienone is 1. The van der Waals surface area contributed by atoms with Crippen LogP contribution in [0.15, 0.2) is 30.4 Å². The van der Waals surface area contributed by atoms with Crippen LogP contribution in [0.4, 0.5) is 0 Å². The second kappa shape index (κ2) is 9.02. The van der Waals surface area contributed by atoms with Crippen LogP contribution in [0.3, 0.4) is 0 Å². The Kier molecular flexibility index (Phi) is 6.48. The van der Waals surface area contributed by atoms with Crippen molar-refractivity contribution in [2.24, 2.45) is 0 Å². The molecule has 5 heteroatoms. The van der Waals surface area contributed by atoms with E-state index in [-0.39, 0.29) is 18.1 Å². The highest BCUT2D eigenvalue weighted by atomic mass is 16.5. The molecule has 136 valence electrons. The van der Waals surface area contributed by atoms with E-state index in [9.17, 15) is 4.79 Å². The zero-order valence-corrected chi connectivity index (χ0v) is 14.8. The van der Waals surface area contributed by atoms with Crippen LogP contribution in [0.5, 0.6) is 5.75 Å². The molecule has 1 fully saturated rings. The molecule has 0 amide bonds. The van der Waals surface area contributed by atoms with Gasteiger partial charge in [0.15, 0.2) is 0 Å². The predicted molar refractivity (Wildman–Crippen MR) is 96.0 cm³/mol. The fraction of sp³-hybridized carbons (Fsp3) is 0.550. The summed E-state index contributed by atoms with van der Waals surface area (Å²) in [6, 6.07) is 5.77. The van der Waals surface area contributed by atoms with Crippen molar-refractivity contribution in [3.05, 3.63) is 41.5 Å². The summed E-state index contributed by atoms with van der Waals surface area (Å²) in [5, 5.41) is 3.56. The molecule has 0 aromatic heterocycles. The van der Waals surface area contributed by atoms with E-state index in [4.69, 9.17) is 14.2 Å². The molecule has 2 atom stereocenters. The maximum absolute atomic E-state index is 11.9. The first-order chi connectivity index (χ1) is 12.3. The van der Waals surface area contributed by atoms with E-state index in [1.165, 1.54) is 7.11 Å². The highest BCUT2D eigenvalue weighted by Crippen LogP contribution is 2.33. The molecular formula is C20H27NO4. The summed E-state index contributed by atoms with van der Waals surface area (Å²) in [4.78, 5) is 11.9. The molecule has 25 heavy (non-hydrogen) atoms. The van der Waals surface area contributed by atoms with Crippen LogP contribution in [0.2, 0.25) is 0 Å². The lowest BCUT2D eigenvalue weighted by Crippen LogP contribution is -2.36. The van der Waals surface area contributed by atoms with Gasteiger partial charge in [-0.3, -0.25) is 0 Å². The van der Waals surface area contributed by atoms with Crippen LogP contribution in [0.25, 0.3) is 0 Å². The number of benzene rings is 1. The van der Waals surface area contributed by atoms with E-state index in [0.717, 1.165) is 50.0 Å². The molecule has 1 N–H and O–H groups in total. The Morgan fingerprint density at radius 2 is 2.20 bits per heavy atom. The number of hydrogen-bond acceptors (Lipinski definition) is 5. The Bertz CT molecular complexity index is 614. The molecule has 3 rings (SSSR count). The van der Waals surface area contributed by atoms with Crippen LogP contribution in [0.1, 0.15) is 54.1 Å². The molecule has 2 heterocycles. The number of piperidine rings is 1. The van der Waals surface area contributed by atoms with Crippen LogP contribution < -0.4 is 10.1 Å². The normalized spacial score (nSPS) is 25.8. The van der Waals surface area contributed by atoms with Crippen molar-refractivity contribution in [1.29, 1.82) is 0 Å². The Morgan fingerprint density at radius 1 is 1.28 bits per heavy atom. The molecule has 0 aliphatic carbocycles. The van der Waals surface area contributed by atoms with Crippen molar-refractivity contribution in [1.82, 2.24) is 5.32 Å². The van der Waals surface area contributed by atoms with Crippen molar-refractivity contribution in [3.63, 3.8) is 0 Å². The minimum atomic E-state index is -0.339. The molecule has 5 nitrogen and oxygen atoms in total. The van der Waals surface area contributed by atoms with Gasteiger partial charge in [-0.25, -0.2) is 4.79 Å². The third kappa shape index (κ3) is 4.83. The average molecular weight is 345 g/mol. The second-order valence-corrected chi connectivity index (χ2v) is 6.55. The van der Waals surface area contributed by atoms with Crippen molar-refractivity contribution in [2.45, 2.75) is 44.2 Å². The summed E-state index contributed by atoms with van der Waals surface area (Å²) in [6.45, 7) is 2.25. The van der Waals surface area contributed by atoms with Gasteiger partial charge in [-0.2, -0.15) is 0 Å². The summed E-state index contributed by atoms with van der Waals surface area (Å²) < 4.78 is 16.9. The van der Waals surface area contributed by atoms with Gasteiger partial charge in [0.05, 0.1) is 32.0 Å². The number of carbonyl (C=O) groups excluding carboxylic acids is 1. The van der Waals surface area contributed by atoms with Crippen LogP contribution in [-0.2, 0) is 9.47 Å². The van der Waals surface area contributed by atoms with E-state index >= 15 is 0 Å². The Balaban J connectivity index is 1.85. The standard InChI is InChI=1S/C20H27NO4/c1-23-20(22)15-7-8-17-18-14-16(9-10-21-18)24-11-5-3-2-4-6-12-25-19(17)13-15/h3,5,7-8,13,16,18,21H,2,4,6,9-12,14H2,1H3/b5-3-/t16-,18-/m0/s1. The smallest absolute Gasteiger partial charge is 0.337 e. The molecule has 0 saturated carbocycles. The molecule has 0 unspecified atom stereocenters. The first-order valence-electron chi connectivity index (χ1n) is 9.13. The highest BCUT2D eigenvalue weighted by Gasteiger charge is 2.26. The molecule has 1 aromatic carbocycles. The van der Waals surface area contributed by atoms with Crippen LogP contribution >= 0.6 is 0 Å². The largest absolute Gasteiger partial charge is 0.493 e. The minimum absolute atomic E-state index is 0.173. The van der Waals surface area contributed by atoms with Crippen molar-refractivity contribution in [2.75, 3.05) is 26.9 Å². The number of nitrogens with one attached hydrogen (secondary N) is 1. The summed E-state index contributed by atoms with van der Waals surface area (Å²) >= 11 is 0. The van der Waals surface area contributed by atoms with Crippen molar-refractivity contribution < 1.29 is 19.0 Å². The van der Waals surface area contributed by atoms with Gasteiger partial charge in [0.1, 0.15) is 5.75 Å². The van der Waals surface area contributed by atoms with Crippen molar-refractivity contribution >= 4 is 5.97 Å². The quantitative estimate of drug-likeness (QED) is 0.624. The van der Waals surface area contributed by atoms with Gasteiger partial charge in [-0.05, 0) is 50.8 Å². The van der Waals surface area contributed by atoms with E-state index in [0.29, 0.717) is 18.8 Å². The van der Waals surface area contributed by atoms with Crippen LogP contribution in [0, 0.1) is 0 Å². The molecule has 1 aromatic rings. The van der Waals surface area contributed by atoms with E-state index in [1.54, 1.807) is 6.07 Å². The Labute approximate surface area is 149 Å². The number of carbonyl (C=O) groups is 1. The Morgan fingerprint density at radius 3 is 3.08 bits per heavy atom. The van der Waals surface area contributed by atoms with Gasteiger partial charge in [-0.15, -0.1) is 0 Å². The van der Waals surface area contributed by atoms with E-state index in [2.05, 4.69) is 17.5 Å². The topological polar surface area (TPSA) is 56.8 Å². The SMILES string of the molecule is COC(=O)c1ccc2c(c1)OCCCC/C=C\CO[C@H]1CCN[C@H]2C1. The predicted octanol–water partition coefficient (Wildman–Crippen LogP) is 3.40. The maximum atomic E-state index is 11.9. The molecular weight excluding hydrogens is 318 g/mol. The molecule has 0 spiro atoms. The lowest BCUT2D eigenvalue weighted by molar-refractivity contribution is 0.0384. The number of fused-ring (bicyclic) bond motifs is 4. The maximum Gasteiger partial charge on any atom is 0.337 e. The van der Waals surface area contributed by atoms with Gasteiger partial charge in [0.25, 0.3) is 0 Å². The van der Waals surface area contributed by atoms with Crippen molar-refractivity contribution in [3.8, 4) is 5.75 Å². The van der Waals surface area contributed by atoms with Gasteiger partial charge in [0.2, 0.25) is 0 Å². The van der Waals surface area contributed by atoms with E-state index < -0.39 is 0 Å². The molecule has 2 bridgehead atoms. The molecule has 0 radical (unpaired) electrons. The fourth-order valence-corrected chi connectivity index (χ4v) is 3.39. The highest BCUT2D eigenvalue weighted by molar-refractivity contribution is 5.90. The Hall–Kier alpha value is -1.85. The van der Waals surface area contributed by atoms with Gasteiger partial charge in [0, 0.05) is 11.6 Å². The number of esters is 1. The lowest BCUT2D eigenvalue weighted by Gasteiger charge is -2.31. The monoisotopic (exact) mass is 345 g/mol. The number of rotatable bonds is 1. The molecule has 2 aliphatic heterocycles. The summed E-state index contributed by atoms with van der Waals surface area (Å²) in [7, 11) is 1.40. The summed E-state index contributed by atoms with van der Waals surface area (Å²) in [6.07, 6.45) is 9.57. The molecule has 2 aliphatic rings. The number of ether oxygens (including phenoxy) is 3. The summed E-state index contributed by atoms with van der Waals surface area (Å²) in [5.41, 5.74) is 1.61. The average Bonchev–Trinajstić information content (AvgIpc) is 2.65. The minimum Gasteiger partial charge on any atom is -0.493 e. The zero-order chi connectivity index (χ0) is 17.5. The zero-order valence-electron chi connectivity index (χ0n) is 14.8. The number of methoxy groups -OCH3 is 1. The second-order valence-electron chi connectivity index (χ2n) is 6.55. The first kappa shape index (κ1) is 18.0. The van der Waals surface area contributed by atoms with Gasteiger partial charge < -0.3 is 19.5 Å². The van der Waals surface area contributed by atoms with E-state index in [1.807, 2.05) is 12.1 Å². The first-order valence-corrected chi connectivity index (χ1v) is 9.13. The van der Waals surface area contributed by atoms with Crippen LogP contribution in [-0.4, -0.2) is 38.9 Å².